The van der Waals surface area contributed by atoms with Crippen LogP contribution in [0.15, 0.2) is 29.3 Å². The van der Waals surface area contributed by atoms with Crippen LogP contribution in [0.1, 0.15) is 56.9 Å². The standard InChI is InChI=1S/C26H42N8O5/c27-14-2-1-5-20(24(38)32-19(23(28)37)6-3-15-31-26(29)30)33-25(39)21-7-4-16-34(21)22(36)13-10-17-8-11-18(35)12-9-17/h8-9,11-12,19-21,35H,1-7,10,13-16,27H2,(H2,28,37)(H,32,38)(H,33,39)(H4,29,30,31)/t19-,20-,21-/m0/s1. The number of unbranched alkanes of at least 4 members (excludes halogenated alkanes) is 1. The van der Waals surface area contributed by atoms with Crippen LogP contribution >= 0.6 is 0 Å². The lowest BCUT2D eigenvalue weighted by Crippen LogP contribution is -2.56. The molecule has 2 rings (SSSR count). The first-order valence-corrected chi connectivity index (χ1v) is 13.3. The molecule has 0 radical (unpaired) electrons. The van der Waals surface area contributed by atoms with Gasteiger partial charge >= 0.3 is 0 Å². The lowest BCUT2D eigenvalue weighted by atomic mass is 10.1. The minimum absolute atomic E-state index is 0.0721. The summed E-state index contributed by atoms with van der Waals surface area (Å²) in [5, 5.41) is 14.9. The molecule has 4 amide bonds. The number of phenols is 1. The van der Waals surface area contributed by atoms with E-state index in [1.165, 1.54) is 0 Å². The number of guanidine groups is 1. The van der Waals surface area contributed by atoms with Gasteiger partial charge in [0.2, 0.25) is 23.6 Å². The van der Waals surface area contributed by atoms with Crippen molar-refractivity contribution in [3.8, 4) is 5.75 Å². The number of nitrogens with zero attached hydrogens (tertiary/aromatic N) is 2. The lowest BCUT2D eigenvalue weighted by Gasteiger charge is -2.27. The van der Waals surface area contributed by atoms with Crippen molar-refractivity contribution in [1.29, 1.82) is 0 Å². The van der Waals surface area contributed by atoms with Gasteiger partial charge in [-0.05, 0) is 75.6 Å². The number of nitrogens with one attached hydrogen (secondary N) is 2. The minimum Gasteiger partial charge on any atom is -0.508 e. The number of aryl methyl sites for hydroxylation is 1. The third-order valence-corrected chi connectivity index (χ3v) is 6.62. The highest BCUT2D eigenvalue weighted by atomic mass is 16.3. The molecule has 1 aromatic rings. The van der Waals surface area contributed by atoms with Gasteiger partial charge in [0.15, 0.2) is 5.96 Å². The van der Waals surface area contributed by atoms with E-state index in [1.807, 2.05) is 0 Å². The smallest absolute Gasteiger partial charge is 0.243 e. The second-order valence-corrected chi connectivity index (χ2v) is 9.67. The summed E-state index contributed by atoms with van der Waals surface area (Å²) in [5.41, 5.74) is 22.6. The monoisotopic (exact) mass is 546 g/mol. The van der Waals surface area contributed by atoms with Crippen LogP contribution in [0.3, 0.4) is 0 Å². The predicted octanol–water partition coefficient (Wildman–Crippen LogP) is -1.05. The van der Waals surface area contributed by atoms with Crippen molar-refractivity contribution in [2.75, 3.05) is 19.6 Å². The van der Waals surface area contributed by atoms with Gasteiger partial charge in [-0.25, -0.2) is 0 Å². The number of likely N-dealkylation sites (tertiary alicyclic amines) is 1. The molecule has 1 fully saturated rings. The van der Waals surface area contributed by atoms with Gasteiger partial charge in [-0.2, -0.15) is 0 Å². The summed E-state index contributed by atoms with van der Waals surface area (Å²) >= 11 is 0. The average Bonchev–Trinajstić information content (AvgIpc) is 3.39. The summed E-state index contributed by atoms with van der Waals surface area (Å²) < 4.78 is 0. The molecule has 1 aliphatic rings. The van der Waals surface area contributed by atoms with E-state index in [0.717, 1.165) is 5.56 Å². The summed E-state index contributed by atoms with van der Waals surface area (Å²) in [6, 6.07) is 4.07. The summed E-state index contributed by atoms with van der Waals surface area (Å²) in [5.74, 6) is -1.73. The fourth-order valence-electron chi connectivity index (χ4n) is 4.49. The fraction of sp³-hybridized carbons (Fsp3) is 0.577. The number of hydrogen-bond acceptors (Lipinski definition) is 7. The quantitative estimate of drug-likeness (QED) is 0.0766. The number of aromatic hydroxyl groups is 1. The summed E-state index contributed by atoms with van der Waals surface area (Å²) in [4.78, 5) is 56.7. The molecule has 13 heteroatoms. The number of carbonyl (C=O) groups is 4. The molecule has 11 N–H and O–H groups in total. The molecule has 1 heterocycles. The summed E-state index contributed by atoms with van der Waals surface area (Å²) in [6.45, 7) is 1.16. The first kappa shape index (κ1) is 31.3. The van der Waals surface area contributed by atoms with Crippen LogP contribution in [0.2, 0.25) is 0 Å². The molecule has 0 saturated carbocycles. The highest BCUT2D eigenvalue weighted by molar-refractivity contribution is 5.94. The van der Waals surface area contributed by atoms with Gasteiger partial charge in [0.25, 0.3) is 0 Å². The molecule has 3 atom stereocenters. The van der Waals surface area contributed by atoms with Gasteiger partial charge in [0.1, 0.15) is 23.9 Å². The van der Waals surface area contributed by atoms with Gasteiger partial charge in [0, 0.05) is 19.5 Å². The number of rotatable bonds is 16. The summed E-state index contributed by atoms with van der Waals surface area (Å²) in [7, 11) is 0. The van der Waals surface area contributed by atoms with Crippen molar-refractivity contribution in [3.05, 3.63) is 29.8 Å². The second kappa shape index (κ2) is 16.2. The molecule has 0 spiro atoms. The van der Waals surface area contributed by atoms with Crippen LogP contribution in [0.25, 0.3) is 0 Å². The Morgan fingerprint density at radius 1 is 1.00 bits per heavy atom. The molecule has 0 bridgehead atoms. The molecule has 0 aliphatic carbocycles. The number of benzene rings is 1. The SMILES string of the molecule is NCCCC[C@H](NC(=O)[C@@H]1CCCN1C(=O)CCc1ccc(O)cc1)C(=O)N[C@@H](CCCN=C(N)N)C(N)=O. The Hall–Kier alpha value is -3.87. The topological polar surface area (TPSA) is 232 Å². The maximum absolute atomic E-state index is 13.2. The fourth-order valence-corrected chi connectivity index (χ4v) is 4.49. The van der Waals surface area contributed by atoms with Crippen molar-refractivity contribution in [1.82, 2.24) is 15.5 Å². The highest BCUT2D eigenvalue weighted by Gasteiger charge is 2.36. The van der Waals surface area contributed by atoms with E-state index in [0.29, 0.717) is 58.0 Å². The minimum atomic E-state index is -0.954. The third kappa shape index (κ3) is 10.8. The van der Waals surface area contributed by atoms with E-state index in [2.05, 4.69) is 15.6 Å². The van der Waals surface area contributed by atoms with Crippen LogP contribution in [0.5, 0.6) is 5.75 Å². The van der Waals surface area contributed by atoms with Crippen molar-refractivity contribution in [3.63, 3.8) is 0 Å². The number of phenolic OH excluding ortho intramolecular Hbond substituents is 1. The van der Waals surface area contributed by atoms with E-state index in [9.17, 15) is 24.3 Å². The summed E-state index contributed by atoms with van der Waals surface area (Å²) in [6.07, 6.45) is 4.06. The van der Waals surface area contributed by atoms with Crippen LogP contribution in [0.4, 0.5) is 0 Å². The molecule has 0 unspecified atom stereocenters. The molecule has 13 nitrogen and oxygen atoms in total. The van der Waals surface area contributed by atoms with E-state index >= 15 is 0 Å². The zero-order chi connectivity index (χ0) is 28.8. The van der Waals surface area contributed by atoms with Gasteiger partial charge < -0.3 is 43.6 Å². The Labute approximate surface area is 228 Å². The third-order valence-electron chi connectivity index (χ3n) is 6.62. The second-order valence-electron chi connectivity index (χ2n) is 9.67. The molecule has 216 valence electrons. The number of nitrogens with two attached hydrogens (primary N) is 4. The molecule has 1 aromatic carbocycles. The van der Waals surface area contributed by atoms with Crippen molar-refractivity contribution >= 4 is 29.6 Å². The van der Waals surface area contributed by atoms with Crippen LogP contribution in [-0.4, -0.2) is 77.4 Å². The Bertz CT molecular complexity index is 997. The van der Waals surface area contributed by atoms with E-state index < -0.39 is 35.8 Å². The Kier molecular flexibility index (Phi) is 13.0. The zero-order valence-corrected chi connectivity index (χ0v) is 22.3. The Morgan fingerprint density at radius 3 is 2.33 bits per heavy atom. The number of aliphatic imine (C=N–C) groups is 1. The van der Waals surface area contributed by atoms with E-state index in [-0.39, 0.29) is 37.0 Å². The van der Waals surface area contributed by atoms with Gasteiger partial charge in [-0.3, -0.25) is 24.2 Å². The molecular weight excluding hydrogens is 504 g/mol. The first-order chi connectivity index (χ1) is 18.6. The first-order valence-electron chi connectivity index (χ1n) is 13.3. The van der Waals surface area contributed by atoms with Gasteiger partial charge in [-0.1, -0.05) is 12.1 Å². The largest absolute Gasteiger partial charge is 0.508 e. The van der Waals surface area contributed by atoms with Crippen LogP contribution in [0, 0.1) is 0 Å². The highest BCUT2D eigenvalue weighted by Crippen LogP contribution is 2.20. The Balaban J connectivity index is 2.01. The lowest BCUT2D eigenvalue weighted by molar-refractivity contribution is -0.139. The maximum atomic E-state index is 13.2. The average molecular weight is 547 g/mol. The van der Waals surface area contributed by atoms with Crippen molar-refractivity contribution in [2.45, 2.75) is 75.9 Å². The predicted molar refractivity (Wildman–Crippen MR) is 147 cm³/mol. The van der Waals surface area contributed by atoms with E-state index in [1.54, 1.807) is 29.2 Å². The molecular formula is C26H42N8O5. The van der Waals surface area contributed by atoms with Gasteiger partial charge in [-0.15, -0.1) is 0 Å². The number of hydrogen-bond donors (Lipinski definition) is 7. The number of carbonyl (C=O) groups excluding carboxylic acids is 4. The maximum Gasteiger partial charge on any atom is 0.243 e. The van der Waals surface area contributed by atoms with Crippen molar-refractivity contribution in [2.24, 2.45) is 27.9 Å². The van der Waals surface area contributed by atoms with Gasteiger partial charge in [0.05, 0.1) is 0 Å². The number of primary amides is 1. The normalized spacial score (nSPS) is 16.2. The van der Waals surface area contributed by atoms with Crippen LogP contribution in [-0.2, 0) is 25.6 Å². The van der Waals surface area contributed by atoms with Crippen molar-refractivity contribution < 1.29 is 24.3 Å². The van der Waals surface area contributed by atoms with Crippen LogP contribution < -0.4 is 33.6 Å². The molecule has 1 saturated heterocycles. The molecule has 0 aromatic heterocycles. The molecule has 1 aliphatic heterocycles. The Morgan fingerprint density at radius 2 is 1.69 bits per heavy atom. The molecule has 39 heavy (non-hydrogen) atoms. The van der Waals surface area contributed by atoms with E-state index in [4.69, 9.17) is 22.9 Å². The zero-order valence-electron chi connectivity index (χ0n) is 22.3. The number of amides is 4.